The molecule has 1 saturated carbocycles. The molecule has 0 saturated heterocycles. The number of anilines is 1. The van der Waals surface area contributed by atoms with Gasteiger partial charge < -0.3 is 10.4 Å². The Morgan fingerprint density at radius 3 is 2.67 bits per heavy atom. The van der Waals surface area contributed by atoms with Crippen LogP contribution in [0.1, 0.15) is 32.1 Å². The standard InChI is InChI=1S/C14H18BrNO2/c15-11-7-4-8-12(9-11)16-13(14(17)18)10-5-2-1-3-6-10/h4,7-10,13,16H,1-3,5-6H2,(H,17,18). The fourth-order valence-corrected chi connectivity index (χ4v) is 3.01. The minimum atomic E-state index is -0.748. The van der Waals surface area contributed by atoms with Crippen LogP contribution in [0.3, 0.4) is 0 Å². The van der Waals surface area contributed by atoms with E-state index >= 15 is 0 Å². The molecule has 2 rings (SSSR count). The highest BCUT2D eigenvalue weighted by Crippen LogP contribution is 2.29. The predicted octanol–water partition coefficient (Wildman–Crippen LogP) is 3.89. The van der Waals surface area contributed by atoms with E-state index in [1.165, 1.54) is 6.42 Å². The zero-order valence-corrected chi connectivity index (χ0v) is 11.8. The maximum atomic E-state index is 11.4. The highest BCUT2D eigenvalue weighted by molar-refractivity contribution is 9.10. The lowest BCUT2D eigenvalue weighted by molar-refractivity contribution is -0.139. The SMILES string of the molecule is O=C(O)C(Nc1cccc(Br)c1)C1CCCCC1. The van der Waals surface area contributed by atoms with Crippen LogP contribution in [0.25, 0.3) is 0 Å². The first kappa shape index (κ1) is 13.4. The van der Waals surface area contributed by atoms with E-state index in [0.717, 1.165) is 35.8 Å². The maximum Gasteiger partial charge on any atom is 0.326 e. The second-order valence-electron chi connectivity index (χ2n) is 4.87. The average Bonchev–Trinajstić information content (AvgIpc) is 2.37. The van der Waals surface area contributed by atoms with Gasteiger partial charge in [0.05, 0.1) is 0 Å². The summed E-state index contributed by atoms with van der Waals surface area (Å²) in [7, 11) is 0. The van der Waals surface area contributed by atoms with Gasteiger partial charge in [-0.15, -0.1) is 0 Å². The summed E-state index contributed by atoms with van der Waals surface area (Å²) in [5.41, 5.74) is 0.863. The minimum Gasteiger partial charge on any atom is -0.480 e. The van der Waals surface area contributed by atoms with E-state index in [4.69, 9.17) is 0 Å². The highest BCUT2D eigenvalue weighted by atomic mass is 79.9. The average molecular weight is 312 g/mol. The van der Waals surface area contributed by atoms with Crippen molar-refractivity contribution in [3.63, 3.8) is 0 Å². The van der Waals surface area contributed by atoms with Gasteiger partial charge in [0.25, 0.3) is 0 Å². The molecule has 0 aromatic heterocycles. The summed E-state index contributed by atoms with van der Waals surface area (Å²) >= 11 is 3.40. The molecule has 1 fully saturated rings. The number of hydrogen-bond donors (Lipinski definition) is 2. The largest absolute Gasteiger partial charge is 0.480 e. The number of hydrogen-bond acceptors (Lipinski definition) is 2. The van der Waals surface area contributed by atoms with E-state index in [1.54, 1.807) is 0 Å². The van der Waals surface area contributed by atoms with Gasteiger partial charge in [0, 0.05) is 10.2 Å². The van der Waals surface area contributed by atoms with Gasteiger partial charge in [-0.2, -0.15) is 0 Å². The van der Waals surface area contributed by atoms with Gasteiger partial charge in [-0.05, 0) is 37.0 Å². The van der Waals surface area contributed by atoms with Crippen molar-refractivity contribution in [2.45, 2.75) is 38.1 Å². The molecule has 98 valence electrons. The molecule has 0 amide bonds. The number of halogens is 1. The highest BCUT2D eigenvalue weighted by Gasteiger charge is 2.29. The Balaban J connectivity index is 2.08. The van der Waals surface area contributed by atoms with Crippen molar-refractivity contribution in [3.05, 3.63) is 28.7 Å². The van der Waals surface area contributed by atoms with Crippen molar-refractivity contribution in [1.82, 2.24) is 0 Å². The topological polar surface area (TPSA) is 49.3 Å². The molecule has 1 atom stereocenters. The van der Waals surface area contributed by atoms with Crippen LogP contribution < -0.4 is 5.32 Å². The normalized spacial score (nSPS) is 18.3. The maximum absolute atomic E-state index is 11.4. The lowest BCUT2D eigenvalue weighted by atomic mass is 9.84. The third kappa shape index (κ3) is 3.48. The summed E-state index contributed by atoms with van der Waals surface area (Å²) in [6.45, 7) is 0. The molecule has 3 nitrogen and oxygen atoms in total. The fraction of sp³-hybridized carbons (Fsp3) is 0.500. The van der Waals surface area contributed by atoms with Gasteiger partial charge in [0.1, 0.15) is 6.04 Å². The van der Waals surface area contributed by atoms with Crippen molar-refractivity contribution in [3.8, 4) is 0 Å². The molecular weight excluding hydrogens is 294 g/mol. The quantitative estimate of drug-likeness (QED) is 0.886. The molecule has 1 aromatic carbocycles. The fourth-order valence-electron chi connectivity index (χ4n) is 2.61. The number of benzene rings is 1. The van der Waals surface area contributed by atoms with Gasteiger partial charge in [-0.3, -0.25) is 0 Å². The zero-order valence-electron chi connectivity index (χ0n) is 10.2. The first-order valence-corrected chi connectivity index (χ1v) is 7.21. The Morgan fingerprint density at radius 1 is 1.33 bits per heavy atom. The number of carbonyl (C=O) groups is 1. The Hall–Kier alpha value is -1.03. The van der Waals surface area contributed by atoms with Crippen LogP contribution >= 0.6 is 15.9 Å². The van der Waals surface area contributed by atoms with Gasteiger partial charge in [0.15, 0.2) is 0 Å². The molecular formula is C14H18BrNO2. The second kappa shape index (κ2) is 6.23. The first-order chi connectivity index (χ1) is 8.66. The summed E-state index contributed by atoms with van der Waals surface area (Å²) in [5.74, 6) is -0.503. The molecule has 0 heterocycles. The van der Waals surface area contributed by atoms with Crippen molar-refractivity contribution in [2.24, 2.45) is 5.92 Å². The van der Waals surface area contributed by atoms with Gasteiger partial charge >= 0.3 is 5.97 Å². The Kier molecular flexibility index (Phi) is 4.64. The molecule has 1 unspecified atom stereocenters. The zero-order chi connectivity index (χ0) is 13.0. The van der Waals surface area contributed by atoms with E-state index in [9.17, 15) is 9.90 Å². The van der Waals surface area contributed by atoms with Gasteiger partial charge in [0.2, 0.25) is 0 Å². The van der Waals surface area contributed by atoms with Crippen molar-refractivity contribution in [2.75, 3.05) is 5.32 Å². The summed E-state index contributed by atoms with van der Waals surface area (Å²) in [5, 5.41) is 12.5. The van der Waals surface area contributed by atoms with Gasteiger partial charge in [-0.1, -0.05) is 41.3 Å². The number of carboxylic acids is 1. The molecule has 0 bridgehead atoms. The number of rotatable bonds is 4. The Bertz CT molecular complexity index is 416. The minimum absolute atomic E-state index is 0.246. The molecule has 0 spiro atoms. The van der Waals surface area contributed by atoms with Crippen molar-refractivity contribution in [1.29, 1.82) is 0 Å². The lowest BCUT2D eigenvalue weighted by Crippen LogP contribution is -2.37. The van der Waals surface area contributed by atoms with Gasteiger partial charge in [-0.25, -0.2) is 4.79 Å². The third-order valence-corrected chi connectivity index (χ3v) is 4.03. The number of nitrogens with one attached hydrogen (secondary N) is 1. The molecule has 2 N–H and O–H groups in total. The van der Waals surface area contributed by atoms with Crippen LogP contribution in [0.2, 0.25) is 0 Å². The van der Waals surface area contributed by atoms with E-state index in [2.05, 4.69) is 21.2 Å². The lowest BCUT2D eigenvalue weighted by Gasteiger charge is -2.28. The Morgan fingerprint density at radius 2 is 2.06 bits per heavy atom. The number of carboxylic acid groups (broad SMARTS) is 1. The van der Waals surface area contributed by atoms with E-state index in [0.29, 0.717) is 0 Å². The van der Waals surface area contributed by atoms with E-state index in [1.807, 2.05) is 24.3 Å². The molecule has 18 heavy (non-hydrogen) atoms. The number of aliphatic carboxylic acids is 1. The summed E-state index contributed by atoms with van der Waals surface area (Å²) < 4.78 is 0.959. The van der Waals surface area contributed by atoms with Crippen molar-refractivity contribution >= 4 is 27.6 Å². The van der Waals surface area contributed by atoms with Crippen LogP contribution in [-0.2, 0) is 4.79 Å². The van der Waals surface area contributed by atoms with Crippen LogP contribution in [0, 0.1) is 5.92 Å². The van der Waals surface area contributed by atoms with E-state index < -0.39 is 12.0 Å². The van der Waals surface area contributed by atoms with Crippen LogP contribution in [0.4, 0.5) is 5.69 Å². The predicted molar refractivity (Wildman–Crippen MR) is 75.8 cm³/mol. The third-order valence-electron chi connectivity index (χ3n) is 3.53. The van der Waals surface area contributed by atoms with Crippen LogP contribution in [-0.4, -0.2) is 17.1 Å². The molecule has 1 aromatic rings. The molecule has 1 aliphatic carbocycles. The van der Waals surface area contributed by atoms with E-state index in [-0.39, 0.29) is 5.92 Å². The molecule has 0 aliphatic heterocycles. The smallest absolute Gasteiger partial charge is 0.326 e. The summed E-state index contributed by atoms with van der Waals surface area (Å²) in [4.78, 5) is 11.4. The second-order valence-corrected chi connectivity index (χ2v) is 5.78. The molecule has 4 heteroatoms. The van der Waals surface area contributed by atoms with Crippen LogP contribution in [0.5, 0.6) is 0 Å². The van der Waals surface area contributed by atoms with Crippen LogP contribution in [0.15, 0.2) is 28.7 Å². The molecule has 0 radical (unpaired) electrons. The first-order valence-electron chi connectivity index (χ1n) is 6.42. The molecule has 1 aliphatic rings. The monoisotopic (exact) mass is 311 g/mol. The van der Waals surface area contributed by atoms with Crippen molar-refractivity contribution < 1.29 is 9.90 Å². The summed E-state index contributed by atoms with van der Waals surface area (Å²) in [6, 6.07) is 7.19. The Labute approximate surface area is 116 Å². The summed E-state index contributed by atoms with van der Waals surface area (Å²) in [6.07, 6.45) is 5.55.